The Morgan fingerprint density at radius 3 is 2.61 bits per heavy atom. The summed E-state index contributed by atoms with van der Waals surface area (Å²) in [6, 6.07) is 13.0. The summed E-state index contributed by atoms with van der Waals surface area (Å²) in [5, 5.41) is 6.84. The van der Waals surface area contributed by atoms with E-state index >= 15 is 0 Å². The molecule has 0 radical (unpaired) electrons. The van der Waals surface area contributed by atoms with E-state index in [0.717, 1.165) is 12.0 Å². The quantitative estimate of drug-likeness (QED) is 0.438. The molecule has 2 aromatic heterocycles. The van der Waals surface area contributed by atoms with Crippen LogP contribution in [0, 0.1) is 0 Å². The largest absolute Gasteiger partial charge is 0.497 e. The second-order valence-corrected chi connectivity index (χ2v) is 7.37. The Bertz CT molecular complexity index is 1340. The molecule has 2 heterocycles. The van der Waals surface area contributed by atoms with Crippen LogP contribution in [0.5, 0.6) is 11.5 Å². The van der Waals surface area contributed by atoms with Gasteiger partial charge in [-0.3, -0.25) is 14.2 Å². The topological polar surface area (TPSA) is 108 Å². The molecule has 0 spiro atoms. The van der Waals surface area contributed by atoms with Crippen LogP contribution in [0.3, 0.4) is 0 Å². The third-order valence-corrected chi connectivity index (χ3v) is 5.35. The molecule has 9 heteroatoms. The lowest BCUT2D eigenvalue weighted by atomic mass is 10.1. The van der Waals surface area contributed by atoms with Crippen LogP contribution in [0.15, 0.2) is 58.1 Å². The van der Waals surface area contributed by atoms with Crippen molar-refractivity contribution in [2.24, 2.45) is 0 Å². The number of carbonyl (C=O) groups is 1. The molecule has 1 amide bonds. The smallest absolute Gasteiger partial charge is 0.299 e. The number of carbonyl (C=O) groups excluding carboxylic acids is 1. The fraction of sp³-hybridized carbons (Fsp3) is 0.250. The highest BCUT2D eigenvalue weighted by Crippen LogP contribution is 2.29. The zero-order valence-corrected chi connectivity index (χ0v) is 18.6. The van der Waals surface area contributed by atoms with Gasteiger partial charge in [0.2, 0.25) is 5.91 Å². The van der Waals surface area contributed by atoms with Gasteiger partial charge in [-0.15, -0.1) is 0 Å². The van der Waals surface area contributed by atoms with Gasteiger partial charge in [-0.1, -0.05) is 36.3 Å². The van der Waals surface area contributed by atoms with Gasteiger partial charge in [0.25, 0.3) is 11.1 Å². The van der Waals surface area contributed by atoms with Gasteiger partial charge in [0.15, 0.2) is 0 Å². The Morgan fingerprint density at radius 1 is 1.12 bits per heavy atom. The zero-order chi connectivity index (χ0) is 23.4. The predicted octanol–water partition coefficient (Wildman–Crippen LogP) is 3.66. The summed E-state index contributed by atoms with van der Waals surface area (Å²) in [6.07, 6.45) is 2.40. The number of aryl methyl sites for hydroxylation is 2. The summed E-state index contributed by atoms with van der Waals surface area (Å²) in [5.41, 5.74) is 3.12. The SMILES string of the molecule is CCc1ccc(-c2noc3c(=O)n(CCC(=O)Nc4ccc(OC)cc4OC)cnc23)cc1. The molecule has 0 aliphatic heterocycles. The number of aromatic nitrogens is 3. The van der Waals surface area contributed by atoms with E-state index in [1.165, 1.54) is 23.6 Å². The fourth-order valence-electron chi connectivity index (χ4n) is 3.44. The van der Waals surface area contributed by atoms with Gasteiger partial charge in [0.1, 0.15) is 22.7 Å². The van der Waals surface area contributed by atoms with Gasteiger partial charge in [-0.2, -0.15) is 0 Å². The minimum Gasteiger partial charge on any atom is -0.497 e. The van der Waals surface area contributed by atoms with Crippen molar-refractivity contribution in [2.45, 2.75) is 26.3 Å². The van der Waals surface area contributed by atoms with E-state index in [1.54, 1.807) is 25.3 Å². The number of hydrogen-bond acceptors (Lipinski definition) is 7. The Kier molecular flexibility index (Phi) is 6.39. The number of fused-ring (bicyclic) bond motifs is 1. The summed E-state index contributed by atoms with van der Waals surface area (Å²) in [6.45, 7) is 2.21. The van der Waals surface area contributed by atoms with E-state index < -0.39 is 5.56 Å². The van der Waals surface area contributed by atoms with Gasteiger partial charge >= 0.3 is 0 Å². The van der Waals surface area contributed by atoms with Crippen molar-refractivity contribution in [1.29, 1.82) is 0 Å². The number of anilines is 1. The molecular weight excluding hydrogens is 424 g/mol. The van der Waals surface area contributed by atoms with Crippen molar-refractivity contribution in [3.63, 3.8) is 0 Å². The van der Waals surface area contributed by atoms with Gasteiger partial charge in [0.05, 0.1) is 26.2 Å². The molecule has 0 saturated heterocycles. The highest BCUT2D eigenvalue weighted by molar-refractivity contribution is 5.92. The molecule has 4 rings (SSSR count). The van der Waals surface area contributed by atoms with E-state index in [0.29, 0.717) is 28.4 Å². The van der Waals surface area contributed by atoms with Gasteiger partial charge < -0.3 is 19.3 Å². The zero-order valence-electron chi connectivity index (χ0n) is 18.6. The molecule has 170 valence electrons. The van der Waals surface area contributed by atoms with Crippen LogP contribution in [0.1, 0.15) is 18.9 Å². The first-order valence-electron chi connectivity index (χ1n) is 10.5. The molecule has 0 aliphatic rings. The maximum Gasteiger partial charge on any atom is 0.299 e. The van der Waals surface area contributed by atoms with Crippen molar-refractivity contribution >= 4 is 22.7 Å². The lowest BCUT2D eigenvalue weighted by Gasteiger charge is -2.12. The third kappa shape index (κ3) is 4.57. The Labute approximate surface area is 189 Å². The molecule has 33 heavy (non-hydrogen) atoms. The molecule has 4 aromatic rings. The molecular formula is C24H24N4O5. The Hall–Kier alpha value is -4.14. The van der Waals surface area contributed by atoms with Crippen molar-refractivity contribution in [2.75, 3.05) is 19.5 Å². The average Bonchev–Trinajstić information content (AvgIpc) is 3.29. The maximum atomic E-state index is 12.8. The lowest BCUT2D eigenvalue weighted by molar-refractivity contribution is -0.116. The third-order valence-electron chi connectivity index (χ3n) is 5.35. The maximum absolute atomic E-state index is 12.8. The van der Waals surface area contributed by atoms with E-state index in [4.69, 9.17) is 14.0 Å². The summed E-state index contributed by atoms with van der Waals surface area (Å²) in [7, 11) is 3.06. The molecule has 0 saturated carbocycles. The van der Waals surface area contributed by atoms with Gasteiger partial charge in [-0.05, 0) is 24.1 Å². The van der Waals surface area contributed by atoms with E-state index in [9.17, 15) is 9.59 Å². The first-order chi connectivity index (χ1) is 16.0. The van der Waals surface area contributed by atoms with Crippen molar-refractivity contribution in [3.8, 4) is 22.8 Å². The number of nitrogens with zero attached hydrogens (tertiary/aromatic N) is 3. The number of methoxy groups -OCH3 is 2. The molecule has 0 aliphatic carbocycles. The number of amides is 1. The molecule has 2 aromatic carbocycles. The molecule has 0 atom stereocenters. The molecule has 9 nitrogen and oxygen atoms in total. The van der Waals surface area contributed by atoms with Crippen LogP contribution in [0.2, 0.25) is 0 Å². The first-order valence-corrected chi connectivity index (χ1v) is 10.5. The van der Waals surface area contributed by atoms with Gasteiger partial charge in [0, 0.05) is 24.6 Å². The molecule has 0 unspecified atom stereocenters. The van der Waals surface area contributed by atoms with Crippen molar-refractivity contribution in [1.82, 2.24) is 14.7 Å². The Balaban J connectivity index is 1.49. The van der Waals surface area contributed by atoms with Crippen LogP contribution >= 0.6 is 0 Å². The van der Waals surface area contributed by atoms with Crippen LogP contribution in [-0.2, 0) is 17.8 Å². The normalized spacial score (nSPS) is 10.9. The number of ether oxygens (including phenoxy) is 2. The van der Waals surface area contributed by atoms with Crippen LogP contribution in [-0.4, -0.2) is 34.8 Å². The summed E-state index contributed by atoms with van der Waals surface area (Å²) in [4.78, 5) is 29.7. The standard InChI is InChI=1S/C24H24N4O5/c1-4-15-5-7-16(8-6-15)21-22-23(33-27-21)24(30)28(14-25-22)12-11-20(29)26-18-10-9-17(31-2)13-19(18)32-3/h5-10,13-14H,4,11-12H2,1-3H3,(H,26,29). The summed E-state index contributed by atoms with van der Waals surface area (Å²) < 4.78 is 17.1. The molecule has 0 fully saturated rings. The number of benzene rings is 2. The minimum atomic E-state index is -0.390. The highest BCUT2D eigenvalue weighted by Gasteiger charge is 2.17. The predicted molar refractivity (Wildman–Crippen MR) is 124 cm³/mol. The number of rotatable bonds is 8. The van der Waals surface area contributed by atoms with Crippen molar-refractivity contribution < 1.29 is 18.8 Å². The molecule has 1 N–H and O–H groups in total. The second kappa shape index (κ2) is 9.56. The van der Waals surface area contributed by atoms with Crippen LogP contribution in [0.4, 0.5) is 5.69 Å². The average molecular weight is 448 g/mol. The lowest BCUT2D eigenvalue weighted by Crippen LogP contribution is -2.23. The van der Waals surface area contributed by atoms with Crippen LogP contribution in [0.25, 0.3) is 22.4 Å². The number of hydrogen-bond donors (Lipinski definition) is 1. The second-order valence-electron chi connectivity index (χ2n) is 7.37. The van der Waals surface area contributed by atoms with E-state index in [-0.39, 0.29) is 24.5 Å². The summed E-state index contributed by atoms with van der Waals surface area (Å²) >= 11 is 0. The van der Waals surface area contributed by atoms with E-state index in [1.807, 2.05) is 24.3 Å². The Morgan fingerprint density at radius 2 is 1.91 bits per heavy atom. The minimum absolute atomic E-state index is 0.0573. The number of nitrogens with one attached hydrogen (secondary N) is 1. The van der Waals surface area contributed by atoms with E-state index in [2.05, 4.69) is 22.4 Å². The molecule has 0 bridgehead atoms. The fourth-order valence-corrected chi connectivity index (χ4v) is 3.44. The van der Waals surface area contributed by atoms with Crippen LogP contribution < -0.4 is 20.3 Å². The van der Waals surface area contributed by atoms with Gasteiger partial charge in [-0.25, -0.2) is 4.98 Å². The monoisotopic (exact) mass is 448 g/mol. The summed E-state index contributed by atoms with van der Waals surface area (Å²) in [5.74, 6) is 0.812. The first kappa shape index (κ1) is 22.1. The highest BCUT2D eigenvalue weighted by atomic mass is 16.5. The van der Waals surface area contributed by atoms with Crippen molar-refractivity contribution in [3.05, 3.63) is 64.7 Å².